The summed E-state index contributed by atoms with van der Waals surface area (Å²) in [4.78, 5) is 7.02. The van der Waals surface area contributed by atoms with Crippen molar-refractivity contribution in [1.82, 2.24) is 9.97 Å². The summed E-state index contributed by atoms with van der Waals surface area (Å²) in [6, 6.07) is 10.4. The highest BCUT2D eigenvalue weighted by Crippen LogP contribution is 2.36. The van der Waals surface area contributed by atoms with Crippen molar-refractivity contribution in [2.24, 2.45) is 0 Å². The molecule has 0 spiro atoms. The van der Waals surface area contributed by atoms with Gasteiger partial charge in [0.05, 0.1) is 29.9 Å². The standard InChI is InChI=1S/C20H19F3N2O4/c21-20(22,23)13-5-2-6-14-16(13)25-19(24-14)11-4-1-3-10(7-11)18-17(28)15(27)8-12(9-26)29-18/h1-7,12,15,17-18,26-28H,8-9H2,(H,24,25). The first-order valence-corrected chi connectivity index (χ1v) is 9.06. The molecule has 0 amide bonds. The maximum Gasteiger partial charge on any atom is 0.418 e. The van der Waals surface area contributed by atoms with E-state index in [1.54, 1.807) is 24.3 Å². The summed E-state index contributed by atoms with van der Waals surface area (Å²) in [6.45, 7) is -0.302. The predicted molar refractivity (Wildman–Crippen MR) is 97.9 cm³/mol. The van der Waals surface area contributed by atoms with Gasteiger partial charge in [0.15, 0.2) is 0 Å². The van der Waals surface area contributed by atoms with Crippen molar-refractivity contribution < 1.29 is 33.2 Å². The fourth-order valence-electron chi connectivity index (χ4n) is 3.61. The van der Waals surface area contributed by atoms with Crippen LogP contribution in [0.4, 0.5) is 13.2 Å². The molecule has 1 aliphatic rings. The van der Waals surface area contributed by atoms with Gasteiger partial charge in [0.1, 0.15) is 23.5 Å². The van der Waals surface area contributed by atoms with E-state index in [4.69, 9.17) is 4.74 Å². The van der Waals surface area contributed by atoms with Crippen LogP contribution in [0.2, 0.25) is 0 Å². The average Bonchev–Trinajstić information content (AvgIpc) is 3.13. The Kier molecular flexibility index (Phi) is 5.07. The van der Waals surface area contributed by atoms with E-state index in [1.165, 1.54) is 12.1 Å². The predicted octanol–water partition coefficient (Wildman–Crippen LogP) is 2.79. The second kappa shape index (κ2) is 7.42. The van der Waals surface area contributed by atoms with Crippen molar-refractivity contribution >= 4 is 11.0 Å². The zero-order chi connectivity index (χ0) is 20.8. The molecule has 4 rings (SSSR count). The number of H-pyrrole nitrogens is 1. The fraction of sp³-hybridized carbons (Fsp3) is 0.350. The van der Waals surface area contributed by atoms with Crippen LogP contribution >= 0.6 is 0 Å². The minimum Gasteiger partial charge on any atom is -0.394 e. The first-order valence-electron chi connectivity index (χ1n) is 9.06. The first kappa shape index (κ1) is 19.8. The van der Waals surface area contributed by atoms with Crippen molar-refractivity contribution in [3.05, 3.63) is 53.6 Å². The number of para-hydroxylation sites is 1. The van der Waals surface area contributed by atoms with Gasteiger partial charge in [-0.15, -0.1) is 0 Å². The van der Waals surface area contributed by atoms with E-state index in [1.807, 2.05) is 0 Å². The topological polar surface area (TPSA) is 98.6 Å². The second-order valence-corrected chi connectivity index (χ2v) is 7.07. The number of rotatable bonds is 3. The summed E-state index contributed by atoms with van der Waals surface area (Å²) in [5.41, 5.74) is 0.274. The van der Waals surface area contributed by atoms with E-state index in [9.17, 15) is 28.5 Å². The molecular weight excluding hydrogens is 389 g/mol. The third-order valence-electron chi connectivity index (χ3n) is 5.06. The minimum atomic E-state index is -4.52. The van der Waals surface area contributed by atoms with Crippen LogP contribution in [0.25, 0.3) is 22.4 Å². The van der Waals surface area contributed by atoms with E-state index in [2.05, 4.69) is 9.97 Å². The summed E-state index contributed by atoms with van der Waals surface area (Å²) in [5.74, 6) is 0.239. The van der Waals surface area contributed by atoms with Gasteiger partial charge in [-0.2, -0.15) is 13.2 Å². The molecule has 1 fully saturated rings. The Hall–Kier alpha value is -2.46. The zero-order valence-electron chi connectivity index (χ0n) is 15.1. The Morgan fingerprint density at radius 2 is 1.90 bits per heavy atom. The van der Waals surface area contributed by atoms with Crippen molar-refractivity contribution in [3.8, 4) is 11.4 Å². The number of hydrogen-bond donors (Lipinski definition) is 4. The summed E-state index contributed by atoms with van der Waals surface area (Å²) < 4.78 is 45.4. The quantitative estimate of drug-likeness (QED) is 0.534. The third kappa shape index (κ3) is 3.74. The molecule has 1 aliphatic heterocycles. The van der Waals surface area contributed by atoms with Crippen LogP contribution in [0.15, 0.2) is 42.5 Å². The van der Waals surface area contributed by atoms with E-state index < -0.39 is 36.2 Å². The first-order chi connectivity index (χ1) is 13.8. The molecule has 154 valence electrons. The summed E-state index contributed by atoms with van der Waals surface area (Å²) in [6.07, 6.45) is -8.18. The molecule has 4 unspecified atom stereocenters. The van der Waals surface area contributed by atoms with Gasteiger partial charge in [-0.25, -0.2) is 4.98 Å². The van der Waals surface area contributed by atoms with Gasteiger partial charge in [0.25, 0.3) is 0 Å². The molecule has 2 heterocycles. The molecule has 0 aliphatic carbocycles. The number of hydrogen-bond acceptors (Lipinski definition) is 5. The van der Waals surface area contributed by atoms with Gasteiger partial charge >= 0.3 is 6.18 Å². The molecule has 1 aromatic heterocycles. The lowest BCUT2D eigenvalue weighted by molar-refractivity contribution is -0.179. The Bertz CT molecular complexity index is 1020. The van der Waals surface area contributed by atoms with Gasteiger partial charge in [-0.1, -0.05) is 24.3 Å². The Morgan fingerprint density at radius 3 is 2.62 bits per heavy atom. The van der Waals surface area contributed by atoms with Gasteiger partial charge in [0.2, 0.25) is 0 Å². The van der Waals surface area contributed by atoms with Crippen LogP contribution in [-0.2, 0) is 10.9 Å². The lowest BCUT2D eigenvalue weighted by Gasteiger charge is -2.36. The highest BCUT2D eigenvalue weighted by molar-refractivity contribution is 5.83. The smallest absolute Gasteiger partial charge is 0.394 e. The Morgan fingerprint density at radius 1 is 1.14 bits per heavy atom. The van der Waals surface area contributed by atoms with E-state index in [-0.39, 0.29) is 29.9 Å². The number of nitrogens with zero attached hydrogens (tertiary/aromatic N) is 1. The molecule has 3 aromatic rings. The van der Waals surface area contributed by atoms with Gasteiger partial charge < -0.3 is 25.0 Å². The van der Waals surface area contributed by atoms with E-state index in [0.717, 1.165) is 6.07 Å². The second-order valence-electron chi connectivity index (χ2n) is 7.07. The van der Waals surface area contributed by atoms with Crippen LogP contribution in [0, 0.1) is 0 Å². The lowest BCUT2D eigenvalue weighted by Crippen LogP contribution is -2.44. The third-order valence-corrected chi connectivity index (χ3v) is 5.06. The highest BCUT2D eigenvalue weighted by atomic mass is 19.4. The molecular formula is C20H19F3N2O4. The number of benzene rings is 2. The van der Waals surface area contributed by atoms with Crippen LogP contribution in [0.3, 0.4) is 0 Å². The number of ether oxygens (including phenoxy) is 1. The fourth-order valence-corrected chi connectivity index (χ4v) is 3.61. The Balaban J connectivity index is 1.72. The molecule has 2 aromatic carbocycles. The summed E-state index contributed by atoms with van der Waals surface area (Å²) in [5, 5.41) is 29.7. The number of alkyl halides is 3. The van der Waals surface area contributed by atoms with Crippen LogP contribution in [0.5, 0.6) is 0 Å². The normalized spacial score (nSPS) is 25.4. The zero-order valence-corrected chi connectivity index (χ0v) is 15.1. The SMILES string of the molecule is OCC1CC(O)C(O)C(c2cccc(-c3nc4c(C(F)(F)F)cccc4[nH]3)c2)O1. The van der Waals surface area contributed by atoms with Gasteiger partial charge in [-0.3, -0.25) is 0 Å². The Labute approximate surface area is 163 Å². The molecule has 0 bridgehead atoms. The molecule has 6 nitrogen and oxygen atoms in total. The van der Waals surface area contributed by atoms with Crippen LogP contribution < -0.4 is 0 Å². The van der Waals surface area contributed by atoms with Crippen LogP contribution in [0.1, 0.15) is 23.7 Å². The molecule has 0 radical (unpaired) electrons. The number of halogens is 3. The minimum absolute atomic E-state index is 0.109. The summed E-state index contributed by atoms with van der Waals surface area (Å²) >= 11 is 0. The number of aliphatic hydroxyl groups excluding tert-OH is 3. The molecule has 4 N–H and O–H groups in total. The number of nitrogens with one attached hydrogen (secondary N) is 1. The van der Waals surface area contributed by atoms with Crippen molar-refractivity contribution in [2.75, 3.05) is 6.61 Å². The largest absolute Gasteiger partial charge is 0.418 e. The number of fused-ring (bicyclic) bond motifs is 1. The average molecular weight is 408 g/mol. The van der Waals surface area contributed by atoms with Crippen molar-refractivity contribution in [3.63, 3.8) is 0 Å². The van der Waals surface area contributed by atoms with E-state index >= 15 is 0 Å². The molecule has 4 atom stereocenters. The van der Waals surface area contributed by atoms with Gasteiger partial charge in [-0.05, 0) is 23.8 Å². The number of aromatic amines is 1. The summed E-state index contributed by atoms with van der Waals surface area (Å²) in [7, 11) is 0. The highest BCUT2D eigenvalue weighted by Gasteiger charge is 2.37. The van der Waals surface area contributed by atoms with Crippen LogP contribution in [-0.4, -0.2) is 50.2 Å². The molecule has 29 heavy (non-hydrogen) atoms. The van der Waals surface area contributed by atoms with Crippen molar-refractivity contribution in [1.29, 1.82) is 0 Å². The molecule has 1 saturated heterocycles. The number of aromatic nitrogens is 2. The number of aliphatic hydroxyl groups is 3. The number of imidazole rings is 1. The van der Waals surface area contributed by atoms with E-state index in [0.29, 0.717) is 11.1 Å². The molecule has 9 heteroatoms. The molecule has 0 saturated carbocycles. The lowest BCUT2D eigenvalue weighted by atomic mass is 9.92. The maximum atomic E-state index is 13.2. The van der Waals surface area contributed by atoms with Crippen molar-refractivity contribution in [2.45, 2.75) is 37.0 Å². The van der Waals surface area contributed by atoms with Gasteiger partial charge in [0, 0.05) is 12.0 Å². The monoisotopic (exact) mass is 408 g/mol. The maximum absolute atomic E-state index is 13.2.